The first-order valence-electron chi connectivity index (χ1n) is 10.6. The number of hydrogen-bond donors (Lipinski definition) is 1. The maximum Gasteiger partial charge on any atom is 0.325 e. The fourth-order valence-corrected chi connectivity index (χ4v) is 4.58. The van der Waals surface area contributed by atoms with Crippen LogP contribution >= 0.6 is 0 Å². The number of amides is 6. The number of piperidine rings is 1. The van der Waals surface area contributed by atoms with Crippen LogP contribution in [0.4, 0.5) is 4.79 Å². The number of benzene rings is 1. The molecule has 9 heteroatoms. The van der Waals surface area contributed by atoms with Crippen LogP contribution in [0.15, 0.2) is 24.3 Å². The normalized spacial score (nSPS) is 20.2. The Morgan fingerprint density at radius 1 is 1.03 bits per heavy atom. The van der Waals surface area contributed by atoms with Crippen LogP contribution in [0.1, 0.15) is 60.2 Å². The highest BCUT2D eigenvalue weighted by molar-refractivity contribution is 6.21. The van der Waals surface area contributed by atoms with E-state index >= 15 is 0 Å². The number of urea groups is 1. The summed E-state index contributed by atoms with van der Waals surface area (Å²) >= 11 is 0. The van der Waals surface area contributed by atoms with Crippen molar-refractivity contribution in [2.45, 2.75) is 51.1 Å². The molecule has 0 bridgehead atoms. The summed E-state index contributed by atoms with van der Waals surface area (Å²) in [6.07, 6.45) is 1.34. The molecule has 1 aromatic rings. The Hall–Kier alpha value is -3.23. The van der Waals surface area contributed by atoms with E-state index in [0.717, 1.165) is 0 Å². The van der Waals surface area contributed by atoms with Crippen LogP contribution in [0.2, 0.25) is 0 Å². The lowest BCUT2D eigenvalue weighted by molar-refractivity contribution is -0.139. The largest absolute Gasteiger partial charge is 0.342 e. The second-order valence-corrected chi connectivity index (χ2v) is 8.57. The van der Waals surface area contributed by atoms with Crippen molar-refractivity contribution in [1.29, 1.82) is 0 Å². The van der Waals surface area contributed by atoms with Gasteiger partial charge in [-0.15, -0.1) is 0 Å². The molecular formula is C22H26N4O5. The molecule has 3 aliphatic rings. The molecule has 3 heterocycles. The summed E-state index contributed by atoms with van der Waals surface area (Å²) in [6, 6.07) is 6.12. The second-order valence-electron chi connectivity index (χ2n) is 8.57. The van der Waals surface area contributed by atoms with Gasteiger partial charge in [-0.05, 0) is 45.2 Å². The van der Waals surface area contributed by atoms with Gasteiger partial charge < -0.3 is 10.2 Å². The fourth-order valence-electron chi connectivity index (χ4n) is 4.58. The molecule has 0 atom stereocenters. The van der Waals surface area contributed by atoms with Crippen LogP contribution in [-0.4, -0.2) is 75.6 Å². The summed E-state index contributed by atoms with van der Waals surface area (Å²) in [7, 11) is 0. The third-order valence-corrected chi connectivity index (χ3v) is 6.33. The molecule has 0 radical (unpaired) electrons. The van der Waals surface area contributed by atoms with Gasteiger partial charge in [0.1, 0.15) is 5.54 Å². The van der Waals surface area contributed by atoms with E-state index in [4.69, 9.17) is 0 Å². The van der Waals surface area contributed by atoms with E-state index in [1.54, 1.807) is 43.0 Å². The van der Waals surface area contributed by atoms with Crippen LogP contribution in [-0.2, 0) is 9.59 Å². The van der Waals surface area contributed by atoms with E-state index < -0.39 is 5.54 Å². The maximum atomic E-state index is 12.8. The minimum atomic E-state index is -0.918. The lowest BCUT2D eigenvalue weighted by Crippen LogP contribution is -2.56. The first kappa shape index (κ1) is 21.0. The van der Waals surface area contributed by atoms with Crippen molar-refractivity contribution in [2.75, 3.05) is 19.6 Å². The van der Waals surface area contributed by atoms with Gasteiger partial charge in [-0.25, -0.2) is 4.79 Å². The molecule has 6 amide bonds. The van der Waals surface area contributed by atoms with Crippen molar-refractivity contribution < 1.29 is 24.0 Å². The molecule has 0 saturated carbocycles. The van der Waals surface area contributed by atoms with Gasteiger partial charge in [0.05, 0.1) is 11.1 Å². The van der Waals surface area contributed by atoms with Crippen LogP contribution < -0.4 is 5.32 Å². The topological polar surface area (TPSA) is 107 Å². The molecule has 4 rings (SSSR count). The summed E-state index contributed by atoms with van der Waals surface area (Å²) in [6.45, 7) is 4.54. The summed E-state index contributed by atoms with van der Waals surface area (Å²) in [5.41, 5.74) is -0.115. The number of carbonyl (C=O) groups is 5. The number of nitrogens with one attached hydrogen (secondary N) is 1. The lowest BCUT2D eigenvalue weighted by atomic mass is 9.87. The number of likely N-dealkylation sites (tertiary alicyclic amines) is 1. The minimum absolute atomic E-state index is 0.0797. The van der Waals surface area contributed by atoms with E-state index in [9.17, 15) is 24.0 Å². The zero-order valence-electron chi connectivity index (χ0n) is 17.7. The molecule has 3 aliphatic heterocycles. The van der Waals surface area contributed by atoms with E-state index in [1.165, 1.54) is 9.80 Å². The molecule has 164 valence electrons. The van der Waals surface area contributed by atoms with Crippen molar-refractivity contribution in [3.05, 3.63) is 35.4 Å². The SMILES string of the molecule is CC(C)N1C(=O)NC2(CCN(C(=O)CCCN3C(=O)c4ccccc4C3=O)CC2)C1=O. The predicted molar refractivity (Wildman–Crippen MR) is 110 cm³/mol. The van der Waals surface area contributed by atoms with Gasteiger partial charge in [0.25, 0.3) is 17.7 Å². The van der Waals surface area contributed by atoms with Crippen molar-refractivity contribution in [2.24, 2.45) is 0 Å². The third-order valence-electron chi connectivity index (χ3n) is 6.33. The molecule has 0 aliphatic carbocycles. The quantitative estimate of drug-likeness (QED) is 0.566. The third kappa shape index (κ3) is 3.47. The van der Waals surface area contributed by atoms with E-state index in [2.05, 4.69) is 5.32 Å². The Labute approximate surface area is 180 Å². The number of nitrogens with zero attached hydrogens (tertiary/aromatic N) is 3. The highest BCUT2D eigenvalue weighted by atomic mass is 16.2. The molecule has 1 spiro atoms. The van der Waals surface area contributed by atoms with Gasteiger partial charge in [0.15, 0.2) is 0 Å². The molecule has 31 heavy (non-hydrogen) atoms. The second kappa shape index (κ2) is 7.79. The Balaban J connectivity index is 1.28. The van der Waals surface area contributed by atoms with Crippen molar-refractivity contribution in [3.63, 3.8) is 0 Å². The lowest BCUT2D eigenvalue weighted by Gasteiger charge is -2.37. The Kier molecular flexibility index (Phi) is 5.28. The number of carbonyl (C=O) groups excluding carboxylic acids is 5. The molecule has 2 fully saturated rings. The molecule has 0 aromatic heterocycles. The van der Waals surface area contributed by atoms with Crippen LogP contribution in [0, 0.1) is 0 Å². The standard InChI is InChI=1S/C22H26N4O5/c1-14(2)26-20(30)22(23-21(26)31)9-12-24(13-10-22)17(27)8-5-11-25-18(28)15-6-3-4-7-16(15)19(25)29/h3-4,6-7,14H,5,8-13H2,1-2H3,(H,23,31). The van der Waals surface area contributed by atoms with E-state index in [1.807, 2.05) is 0 Å². The predicted octanol–water partition coefficient (Wildman–Crippen LogP) is 1.38. The van der Waals surface area contributed by atoms with Gasteiger partial charge in [0.2, 0.25) is 5.91 Å². The smallest absolute Gasteiger partial charge is 0.325 e. The average Bonchev–Trinajstić information content (AvgIpc) is 3.13. The highest BCUT2D eigenvalue weighted by Gasteiger charge is 2.53. The van der Waals surface area contributed by atoms with E-state index in [-0.39, 0.29) is 48.7 Å². The molecular weight excluding hydrogens is 400 g/mol. The number of imide groups is 2. The summed E-state index contributed by atoms with van der Waals surface area (Å²) in [5.74, 6) is -0.939. The number of rotatable bonds is 5. The maximum absolute atomic E-state index is 12.8. The molecule has 1 N–H and O–H groups in total. The molecule has 9 nitrogen and oxygen atoms in total. The van der Waals surface area contributed by atoms with Gasteiger partial charge in [-0.1, -0.05) is 12.1 Å². The van der Waals surface area contributed by atoms with Crippen LogP contribution in [0.25, 0.3) is 0 Å². The Morgan fingerprint density at radius 3 is 2.13 bits per heavy atom. The monoisotopic (exact) mass is 426 g/mol. The Bertz CT molecular complexity index is 929. The van der Waals surface area contributed by atoms with E-state index in [0.29, 0.717) is 43.5 Å². The number of hydrogen-bond acceptors (Lipinski definition) is 5. The van der Waals surface area contributed by atoms with Crippen molar-refractivity contribution in [1.82, 2.24) is 20.0 Å². The minimum Gasteiger partial charge on any atom is -0.342 e. The summed E-state index contributed by atoms with van der Waals surface area (Å²) < 4.78 is 0. The van der Waals surface area contributed by atoms with Crippen LogP contribution in [0.5, 0.6) is 0 Å². The van der Waals surface area contributed by atoms with Crippen LogP contribution in [0.3, 0.4) is 0 Å². The van der Waals surface area contributed by atoms with Gasteiger partial charge in [0, 0.05) is 32.1 Å². The highest BCUT2D eigenvalue weighted by Crippen LogP contribution is 2.31. The van der Waals surface area contributed by atoms with Gasteiger partial charge in [-0.2, -0.15) is 0 Å². The zero-order chi connectivity index (χ0) is 22.3. The van der Waals surface area contributed by atoms with Gasteiger partial charge >= 0.3 is 6.03 Å². The van der Waals surface area contributed by atoms with Crippen molar-refractivity contribution >= 4 is 29.7 Å². The molecule has 2 saturated heterocycles. The number of fused-ring (bicyclic) bond motifs is 1. The first-order valence-corrected chi connectivity index (χ1v) is 10.6. The van der Waals surface area contributed by atoms with Crippen molar-refractivity contribution in [3.8, 4) is 0 Å². The summed E-state index contributed by atoms with van der Waals surface area (Å²) in [4.78, 5) is 66.5. The molecule has 0 unspecified atom stereocenters. The van der Waals surface area contributed by atoms with Gasteiger partial charge in [-0.3, -0.25) is 29.0 Å². The Morgan fingerprint density at radius 2 is 1.61 bits per heavy atom. The molecule has 1 aromatic carbocycles. The fraction of sp³-hybridized carbons (Fsp3) is 0.500. The average molecular weight is 426 g/mol. The zero-order valence-corrected chi connectivity index (χ0v) is 17.7. The first-order chi connectivity index (χ1) is 14.7. The summed E-state index contributed by atoms with van der Waals surface area (Å²) in [5, 5.41) is 2.83.